The highest BCUT2D eigenvalue weighted by atomic mass is 14.9. The van der Waals surface area contributed by atoms with Crippen molar-refractivity contribution in [3.63, 3.8) is 0 Å². The number of hydrogen-bond donors (Lipinski definition) is 0. The number of aromatic nitrogens is 2. The average Bonchev–Trinajstić information content (AvgIpc) is 3.32. The molecule has 8 aromatic rings. The molecule has 1 aliphatic rings. The monoisotopic (exact) mass is 574 g/mol. The van der Waals surface area contributed by atoms with Crippen LogP contribution in [0.1, 0.15) is 25.0 Å². The summed E-state index contributed by atoms with van der Waals surface area (Å²) in [6, 6.07) is 48.8. The van der Waals surface area contributed by atoms with E-state index in [0.29, 0.717) is 0 Å². The molecule has 45 heavy (non-hydrogen) atoms. The van der Waals surface area contributed by atoms with Crippen molar-refractivity contribution in [3.05, 3.63) is 157 Å². The lowest BCUT2D eigenvalue weighted by atomic mass is 9.81. The smallest absolute Gasteiger partial charge is 0.160 e. The van der Waals surface area contributed by atoms with Crippen LogP contribution in [0.3, 0.4) is 0 Å². The maximum Gasteiger partial charge on any atom is 0.160 e. The molecule has 0 amide bonds. The van der Waals surface area contributed by atoms with Gasteiger partial charge in [-0.3, -0.25) is 0 Å². The van der Waals surface area contributed by atoms with Gasteiger partial charge >= 0.3 is 0 Å². The van der Waals surface area contributed by atoms with Gasteiger partial charge in [-0.2, -0.15) is 0 Å². The van der Waals surface area contributed by atoms with E-state index >= 15 is 0 Å². The van der Waals surface area contributed by atoms with E-state index in [2.05, 4.69) is 141 Å². The van der Waals surface area contributed by atoms with Crippen LogP contribution in [0.4, 0.5) is 0 Å². The molecule has 7 aromatic carbocycles. The van der Waals surface area contributed by atoms with Gasteiger partial charge in [0.15, 0.2) is 5.82 Å². The quantitative estimate of drug-likeness (QED) is 0.196. The maximum absolute atomic E-state index is 4.75. The van der Waals surface area contributed by atoms with E-state index in [1.807, 2.05) is 18.5 Å². The number of nitrogens with zero attached hydrogens (tertiary/aromatic N) is 2. The van der Waals surface area contributed by atoms with Crippen molar-refractivity contribution in [1.82, 2.24) is 9.97 Å². The fourth-order valence-electron chi connectivity index (χ4n) is 7.68. The SMILES string of the molecule is CC1(C)c2ccccc2-c2cc(-c3c4ccccc4c(-c4ncccn4)c4ccc(-c5cccc6ccccc56)cc34)ccc21. The van der Waals surface area contributed by atoms with Gasteiger partial charge < -0.3 is 0 Å². The first-order valence-electron chi connectivity index (χ1n) is 15.6. The second-order valence-corrected chi connectivity index (χ2v) is 12.6. The molecule has 0 N–H and O–H groups in total. The Morgan fingerprint density at radius 1 is 0.422 bits per heavy atom. The molecule has 0 saturated heterocycles. The highest BCUT2D eigenvalue weighted by Crippen LogP contribution is 2.51. The van der Waals surface area contributed by atoms with Gasteiger partial charge in [0, 0.05) is 23.4 Å². The third-order valence-electron chi connectivity index (χ3n) is 9.79. The first-order chi connectivity index (χ1) is 22.1. The first kappa shape index (κ1) is 25.9. The molecule has 1 aromatic heterocycles. The number of fused-ring (bicyclic) bond motifs is 6. The predicted molar refractivity (Wildman–Crippen MR) is 188 cm³/mol. The topological polar surface area (TPSA) is 25.8 Å². The van der Waals surface area contributed by atoms with Gasteiger partial charge in [-0.25, -0.2) is 9.97 Å². The Labute approximate surface area is 262 Å². The van der Waals surface area contributed by atoms with Crippen molar-refractivity contribution >= 4 is 32.3 Å². The highest BCUT2D eigenvalue weighted by Gasteiger charge is 2.35. The summed E-state index contributed by atoms with van der Waals surface area (Å²) in [5.41, 5.74) is 11.4. The molecule has 0 spiro atoms. The average molecular weight is 575 g/mol. The standard InChI is InChI=1S/C43H30N2/c1-43(2)38-18-8-7-14-32(38)36-26-29(20-22-39(36)43)40-33-15-5-6-16-34(33)41(42-44-23-10-24-45-42)35-21-19-28(25-37(35)40)31-17-9-12-27-11-3-4-13-30(27)31/h3-26H,1-2H3. The van der Waals surface area contributed by atoms with Crippen molar-refractivity contribution in [2.45, 2.75) is 19.3 Å². The van der Waals surface area contributed by atoms with Gasteiger partial charge in [-0.05, 0) is 95.0 Å². The van der Waals surface area contributed by atoms with Crippen LogP contribution in [0.5, 0.6) is 0 Å². The third kappa shape index (κ3) is 3.82. The fourth-order valence-corrected chi connectivity index (χ4v) is 7.68. The summed E-state index contributed by atoms with van der Waals surface area (Å²) in [5, 5.41) is 7.21. The number of hydrogen-bond acceptors (Lipinski definition) is 2. The Bertz CT molecular complexity index is 2450. The second kappa shape index (κ2) is 9.70. The minimum absolute atomic E-state index is 0.0371. The Kier molecular flexibility index (Phi) is 5.58. The molecule has 0 atom stereocenters. The van der Waals surface area contributed by atoms with E-state index in [0.717, 1.165) is 22.2 Å². The maximum atomic E-state index is 4.75. The summed E-state index contributed by atoms with van der Waals surface area (Å²) < 4.78 is 0. The van der Waals surface area contributed by atoms with E-state index in [1.54, 1.807) is 0 Å². The summed E-state index contributed by atoms with van der Waals surface area (Å²) in [4.78, 5) is 9.50. The summed E-state index contributed by atoms with van der Waals surface area (Å²) in [7, 11) is 0. The highest BCUT2D eigenvalue weighted by molar-refractivity contribution is 6.21. The van der Waals surface area contributed by atoms with Crippen molar-refractivity contribution in [2.75, 3.05) is 0 Å². The lowest BCUT2D eigenvalue weighted by Gasteiger charge is -2.22. The van der Waals surface area contributed by atoms with E-state index in [-0.39, 0.29) is 5.41 Å². The Morgan fingerprint density at radius 2 is 1.04 bits per heavy atom. The number of benzene rings is 7. The lowest BCUT2D eigenvalue weighted by Crippen LogP contribution is -2.14. The molecule has 212 valence electrons. The molecular weight excluding hydrogens is 544 g/mol. The third-order valence-corrected chi connectivity index (χ3v) is 9.79. The first-order valence-corrected chi connectivity index (χ1v) is 15.6. The lowest BCUT2D eigenvalue weighted by molar-refractivity contribution is 0.660. The molecule has 0 fully saturated rings. The number of rotatable bonds is 3. The normalized spacial score (nSPS) is 13.3. The largest absolute Gasteiger partial charge is 0.237 e. The van der Waals surface area contributed by atoms with Gasteiger partial charge in [0.25, 0.3) is 0 Å². The van der Waals surface area contributed by atoms with Crippen LogP contribution < -0.4 is 0 Å². The van der Waals surface area contributed by atoms with E-state index in [9.17, 15) is 0 Å². The molecule has 0 aliphatic heterocycles. The van der Waals surface area contributed by atoms with E-state index in [1.165, 1.54) is 66.1 Å². The Balaban J connectivity index is 1.40. The van der Waals surface area contributed by atoms with Crippen LogP contribution in [0, 0.1) is 0 Å². The molecule has 1 heterocycles. The second-order valence-electron chi connectivity index (χ2n) is 12.6. The van der Waals surface area contributed by atoms with Gasteiger partial charge in [-0.1, -0.05) is 129 Å². The van der Waals surface area contributed by atoms with Crippen LogP contribution in [-0.2, 0) is 5.41 Å². The summed E-state index contributed by atoms with van der Waals surface area (Å²) >= 11 is 0. The van der Waals surface area contributed by atoms with Crippen LogP contribution in [0.25, 0.3) is 77.1 Å². The minimum Gasteiger partial charge on any atom is -0.237 e. The summed E-state index contributed by atoms with van der Waals surface area (Å²) in [5.74, 6) is 0.743. The van der Waals surface area contributed by atoms with Crippen molar-refractivity contribution in [1.29, 1.82) is 0 Å². The van der Waals surface area contributed by atoms with Gasteiger partial charge in [0.05, 0.1) is 0 Å². The molecule has 9 rings (SSSR count). The molecule has 0 radical (unpaired) electrons. The van der Waals surface area contributed by atoms with E-state index in [4.69, 9.17) is 9.97 Å². The molecule has 0 bridgehead atoms. The Hall–Kier alpha value is -5.60. The minimum atomic E-state index is -0.0371. The zero-order valence-electron chi connectivity index (χ0n) is 25.3. The zero-order valence-corrected chi connectivity index (χ0v) is 25.3. The van der Waals surface area contributed by atoms with Crippen molar-refractivity contribution < 1.29 is 0 Å². The summed E-state index contributed by atoms with van der Waals surface area (Å²) in [6.07, 6.45) is 3.67. The van der Waals surface area contributed by atoms with Crippen LogP contribution in [-0.4, -0.2) is 9.97 Å². The van der Waals surface area contributed by atoms with Crippen molar-refractivity contribution in [3.8, 4) is 44.8 Å². The molecule has 2 nitrogen and oxygen atoms in total. The molecule has 0 unspecified atom stereocenters. The molecule has 2 heteroatoms. The molecule has 0 saturated carbocycles. The van der Waals surface area contributed by atoms with Crippen LogP contribution in [0.15, 0.2) is 146 Å². The zero-order chi connectivity index (χ0) is 30.1. The van der Waals surface area contributed by atoms with Crippen LogP contribution in [0.2, 0.25) is 0 Å². The Morgan fingerprint density at radius 3 is 1.89 bits per heavy atom. The predicted octanol–water partition coefficient (Wildman–Crippen LogP) is 11.2. The van der Waals surface area contributed by atoms with Crippen molar-refractivity contribution in [2.24, 2.45) is 0 Å². The van der Waals surface area contributed by atoms with Gasteiger partial charge in [0.1, 0.15) is 0 Å². The van der Waals surface area contributed by atoms with Gasteiger partial charge in [-0.15, -0.1) is 0 Å². The van der Waals surface area contributed by atoms with Crippen LogP contribution >= 0.6 is 0 Å². The fraction of sp³-hybridized carbons (Fsp3) is 0.0698. The summed E-state index contributed by atoms with van der Waals surface area (Å²) in [6.45, 7) is 4.68. The molecule has 1 aliphatic carbocycles. The van der Waals surface area contributed by atoms with E-state index < -0.39 is 0 Å². The molecular formula is C43H30N2. The van der Waals surface area contributed by atoms with Gasteiger partial charge in [0.2, 0.25) is 0 Å².